The molecule has 0 fully saturated rings. The van der Waals surface area contributed by atoms with E-state index in [2.05, 4.69) is 6.92 Å². The molecule has 1 N–H and O–H groups in total. The summed E-state index contributed by atoms with van der Waals surface area (Å²) >= 11 is 0. The van der Waals surface area contributed by atoms with Crippen molar-refractivity contribution in [1.82, 2.24) is 0 Å². The fourth-order valence-electron chi connectivity index (χ4n) is 2.20. The van der Waals surface area contributed by atoms with Crippen molar-refractivity contribution in [1.29, 1.82) is 0 Å². The number of carboxylic acid groups (broad SMARTS) is 1. The maximum Gasteiger partial charge on any atom is 0.339 e. The van der Waals surface area contributed by atoms with E-state index in [9.17, 15) is 9.90 Å². The van der Waals surface area contributed by atoms with Gasteiger partial charge in [-0.25, -0.2) is 4.79 Å². The molecule has 4 heteroatoms. The standard InChI is InChI=1S/C19H28O4/c1-3-5-7-8-9-10-14-22-16-11-12-17(19(20)21)18(15-16)23-13-6-4-2/h4,6,11-12,15H,3,5,7-10,13-14H2,1-2H3,(H,20,21). The molecule has 0 unspecified atom stereocenters. The summed E-state index contributed by atoms with van der Waals surface area (Å²) < 4.78 is 11.2. The summed E-state index contributed by atoms with van der Waals surface area (Å²) in [6.45, 7) is 5.09. The number of hydrogen-bond donors (Lipinski definition) is 1. The maximum absolute atomic E-state index is 11.2. The van der Waals surface area contributed by atoms with Crippen molar-refractivity contribution in [2.24, 2.45) is 0 Å². The van der Waals surface area contributed by atoms with E-state index in [1.165, 1.54) is 31.7 Å². The molecular weight excluding hydrogens is 292 g/mol. The van der Waals surface area contributed by atoms with Gasteiger partial charge in [0.1, 0.15) is 23.7 Å². The Morgan fingerprint density at radius 2 is 1.87 bits per heavy atom. The largest absolute Gasteiger partial charge is 0.493 e. The van der Waals surface area contributed by atoms with Crippen molar-refractivity contribution in [2.75, 3.05) is 13.2 Å². The predicted molar refractivity (Wildman–Crippen MR) is 92.6 cm³/mol. The van der Waals surface area contributed by atoms with E-state index in [4.69, 9.17) is 9.47 Å². The lowest BCUT2D eigenvalue weighted by Crippen LogP contribution is -2.04. The highest BCUT2D eigenvalue weighted by molar-refractivity contribution is 5.91. The SMILES string of the molecule is CC=CCOc1cc(OCCCCCCCC)ccc1C(=O)O. The second-order valence-electron chi connectivity index (χ2n) is 5.46. The molecule has 0 saturated carbocycles. The molecule has 1 rings (SSSR count). The monoisotopic (exact) mass is 320 g/mol. The Balaban J connectivity index is 2.49. The second-order valence-corrected chi connectivity index (χ2v) is 5.46. The average Bonchev–Trinajstić information content (AvgIpc) is 2.54. The van der Waals surface area contributed by atoms with Gasteiger partial charge in [-0.2, -0.15) is 0 Å². The first kappa shape index (κ1) is 19.1. The Kier molecular flexibility index (Phi) is 9.60. The molecule has 0 radical (unpaired) electrons. The van der Waals surface area contributed by atoms with Gasteiger partial charge in [0.25, 0.3) is 0 Å². The van der Waals surface area contributed by atoms with Crippen molar-refractivity contribution in [3.8, 4) is 11.5 Å². The minimum absolute atomic E-state index is 0.154. The van der Waals surface area contributed by atoms with Gasteiger partial charge in [-0.1, -0.05) is 51.2 Å². The Morgan fingerprint density at radius 3 is 2.57 bits per heavy atom. The molecule has 0 aliphatic rings. The van der Waals surface area contributed by atoms with Crippen molar-refractivity contribution in [3.05, 3.63) is 35.9 Å². The quantitative estimate of drug-likeness (QED) is 0.431. The Morgan fingerprint density at radius 1 is 1.13 bits per heavy atom. The van der Waals surface area contributed by atoms with Crippen LogP contribution in [-0.4, -0.2) is 24.3 Å². The topological polar surface area (TPSA) is 55.8 Å². The lowest BCUT2D eigenvalue weighted by molar-refractivity contribution is 0.0692. The van der Waals surface area contributed by atoms with Gasteiger partial charge < -0.3 is 14.6 Å². The Bertz CT molecular complexity index is 494. The summed E-state index contributed by atoms with van der Waals surface area (Å²) in [6.07, 6.45) is 10.9. The van der Waals surface area contributed by atoms with Crippen molar-refractivity contribution >= 4 is 5.97 Å². The second kappa shape index (κ2) is 11.6. The number of unbranched alkanes of at least 4 members (excludes halogenated alkanes) is 5. The van der Waals surface area contributed by atoms with Gasteiger partial charge in [0.05, 0.1) is 6.61 Å². The van der Waals surface area contributed by atoms with E-state index in [0.717, 1.165) is 12.8 Å². The van der Waals surface area contributed by atoms with Crippen LogP contribution >= 0.6 is 0 Å². The first-order valence-corrected chi connectivity index (χ1v) is 8.43. The number of aromatic carboxylic acids is 1. The van der Waals surface area contributed by atoms with Crippen LogP contribution in [0, 0.1) is 0 Å². The Labute approximate surface area is 139 Å². The van der Waals surface area contributed by atoms with Crippen LogP contribution in [0.3, 0.4) is 0 Å². The molecule has 0 spiro atoms. The van der Waals surface area contributed by atoms with Gasteiger partial charge in [-0.3, -0.25) is 0 Å². The highest BCUT2D eigenvalue weighted by Gasteiger charge is 2.12. The third kappa shape index (κ3) is 7.73. The smallest absolute Gasteiger partial charge is 0.339 e. The minimum atomic E-state index is -0.997. The van der Waals surface area contributed by atoms with Crippen LogP contribution in [0.5, 0.6) is 11.5 Å². The fourth-order valence-corrected chi connectivity index (χ4v) is 2.20. The number of ether oxygens (including phenoxy) is 2. The zero-order chi connectivity index (χ0) is 16.9. The van der Waals surface area contributed by atoms with Gasteiger partial charge in [0.2, 0.25) is 0 Å². The summed E-state index contributed by atoms with van der Waals surface area (Å²) in [7, 11) is 0. The summed E-state index contributed by atoms with van der Waals surface area (Å²) in [5.74, 6) is -0.00182. The molecule has 4 nitrogen and oxygen atoms in total. The van der Waals surface area contributed by atoms with Crippen LogP contribution in [-0.2, 0) is 0 Å². The predicted octanol–water partition coefficient (Wildman–Crippen LogP) is 5.08. The van der Waals surface area contributed by atoms with E-state index in [1.807, 2.05) is 19.1 Å². The number of carboxylic acids is 1. The van der Waals surface area contributed by atoms with Crippen LogP contribution in [0.15, 0.2) is 30.4 Å². The molecule has 0 bridgehead atoms. The lowest BCUT2D eigenvalue weighted by atomic mass is 10.1. The van der Waals surface area contributed by atoms with Gasteiger partial charge in [0, 0.05) is 6.07 Å². The van der Waals surface area contributed by atoms with E-state index in [-0.39, 0.29) is 5.56 Å². The lowest BCUT2D eigenvalue weighted by Gasteiger charge is -2.11. The normalized spacial score (nSPS) is 10.9. The van der Waals surface area contributed by atoms with Gasteiger partial charge in [-0.05, 0) is 25.5 Å². The highest BCUT2D eigenvalue weighted by Crippen LogP contribution is 2.25. The molecule has 0 amide bonds. The number of carbonyl (C=O) groups is 1. The third-order valence-corrected chi connectivity index (χ3v) is 3.52. The molecule has 23 heavy (non-hydrogen) atoms. The molecule has 1 aromatic rings. The maximum atomic E-state index is 11.2. The number of benzene rings is 1. The van der Waals surface area contributed by atoms with Crippen LogP contribution in [0.4, 0.5) is 0 Å². The van der Waals surface area contributed by atoms with Gasteiger partial charge >= 0.3 is 5.97 Å². The zero-order valence-corrected chi connectivity index (χ0v) is 14.2. The van der Waals surface area contributed by atoms with Crippen LogP contribution in [0.2, 0.25) is 0 Å². The van der Waals surface area contributed by atoms with Crippen molar-refractivity contribution < 1.29 is 19.4 Å². The summed E-state index contributed by atoms with van der Waals surface area (Å²) in [6, 6.07) is 4.87. The van der Waals surface area contributed by atoms with Crippen molar-refractivity contribution in [2.45, 2.75) is 52.4 Å². The molecule has 0 heterocycles. The van der Waals surface area contributed by atoms with Gasteiger partial charge in [-0.15, -0.1) is 0 Å². The number of hydrogen-bond acceptors (Lipinski definition) is 3. The summed E-state index contributed by atoms with van der Waals surface area (Å²) in [5, 5.41) is 9.19. The van der Waals surface area contributed by atoms with Crippen molar-refractivity contribution in [3.63, 3.8) is 0 Å². The number of rotatable bonds is 12. The molecule has 0 aliphatic heterocycles. The van der Waals surface area contributed by atoms with Crippen LogP contribution < -0.4 is 9.47 Å². The molecule has 0 saturated heterocycles. The Hall–Kier alpha value is -1.97. The molecule has 128 valence electrons. The molecule has 1 aromatic carbocycles. The zero-order valence-electron chi connectivity index (χ0n) is 14.2. The van der Waals surface area contributed by atoms with E-state index in [0.29, 0.717) is 24.7 Å². The summed E-state index contributed by atoms with van der Waals surface area (Å²) in [4.78, 5) is 11.2. The van der Waals surface area contributed by atoms with Gasteiger partial charge in [0.15, 0.2) is 0 Å². The minimum Gasteiger partial charge on any atom is -0.493 e. The number of allylic oxidation sites excluding steroid dienone is 1. The van der Waals surface area contributed by atoms with E-state index >= 15 is 0 Å². The van der Waals surface area contributed by atoms with E-state index < -0.39 is 5.97 Å². The summed E-state index contributed by atoms with van der Waals surface area (Å²) in [5.41, 5.74) is 0.154. The third-order valence-electron chi connectivity index (χ3n) is 3.52. The molecule has 0 aliphatic carbocycles. The average molecular weight is 320 g/mol. The molecule has 0 atom stereocenters. The highest BCUT2D eigenvalue weighted by atomic mass is 16.5. The van der Waals surface area contributed by atoms with Crippen LogP contribution in [0.1, 0.15) is 62.7 Å². The fraction of sp³-hybridized carbons (Fsp3) is 0.526. The first-order valence-electron chi connectivity index (χ1n) is 8.43. The van der Waals surface area contributed by atoms with E-state index in [1.54, 1.807) is 12.1 Å². The molecular formula is C19H28O4. The molecule has 0 aromatic heterocycles. The first-order chi connectivity index (χ1) is 11.2. The van der Waals surface area contributed by atoms with Crippen LogP contribution in [0.25, 0.3) is 0 Å².